The zero-order valence-electron chi connectivity index (χ0n) is 16.3. The SMILES string of the molecule is O=C1C(=Cc2cn(Cc3ccc(Cl)cc3Cl)nc2-c2ccccc2)Sc2ccccc21. The number of nitrogens with zero attached hydrogens (tertiary/aromatic N) is 2. The minimum atomic E-state index is 0.0492. The molecule has 0 unspecified atom stereocenters. The molecule has 0 radical (unpaired) electrons. The number of allylic oxidation sites excluding steroid dienone is 1. The Kier molecular flexibility index (Phi) is 5.45. The minimum absolute atomic E-state index is 0.0492. The molecule has 2 heterocycles. The summed E-state index contributed by atoms with van der Waals surface area (Å²) in [4.78, 5) is 14.6. The molecule has 3 aromatic carbocycles. The zero-order valence-corrected chi connectivity index (χ0v) is 18.6. The fraction of sp³-hybridized carbons (Fsp3) is 0.0400. The number of ketones is 1. The predicted octanol–water partition coefficient (Wildman–Crippen LogP) is 7.23. The lowest BCUT2D eigenvalue weighted by atomic mass is 10.1. The maximum absolute atomic E-state index is 12.9. The molecule has 0 N–H and O–H groups in total. The van der Waals surface area contributed by atoms with E-state index in [-0.39, 0.29) is 5.78 Å². The molecule has 0 saturated heterocycles. The number of hydrogen-bond acceptors (Lipinski definition) is 3. The molecule has 3 nitrogen and oxygen atoms in total. The van der Waals surface area contributed by atoms with Crippen LogP contribution in [-0.2, 0) is 6.54 Å². The Hall–Kier alpha value is -2.79. The van der Waals surface area contributed by atoms with E-state index >= 15 is 0 Å². The van der Waals surface area contributed by atoms with E-state index in [0.29, 0.717) is 21.5 Å². The smallest absolute Gasteiger partial charge is 0.200 e. The molecule has 0 amide bonds. The standard InChI is InChI=1S/C25H16Cl2N2OS/c26-19-11-10-17(21(27)13-19)14-29-15-18(24(28-29)16-6-2-1-3-7-16)12-23-25(30)20-8-4-5-9-22(20)31-23/h1-13,15H,14H2. The normalized spacial score (nSPS) is 14.3. The van der Waals surface area contributed by atoms with Crippen LogP contribution in [0.4, 0.5) is 0 Å². The van der Waals surface area contributed by atoms with Crippen LogP contribution in [0.25, 0.3) is 17.3 Å². The highest BCUT2D eigenvalue weighted by Gasteiger charge is 2.26. The number of carbonyl (C=O) groups is 1. The summed E-state index contributed by atoms with van der Waals surface area (Å²) < 4.78 is 1.85. The van der Waals surface area contributed by atoms with Crippen molar-refractivity contribution in [2.24, 2.45) is 0 Å². The van der Waals surface area contributed by atoms with E-state index in [1.54, 1.807) is 6.07 Å². The first-order chi connectivity index (χ1) is 15.1. The molecule has 6 heteroatoms. The van der Waals surface area contributed by atoms with Crippen molar-refractivity contribution in [3.63, 3.8) is 0 Å². The van der Waals surface area contributed by atoms with Crippen LogP contribution >= 0.6 is 35.0 Å². The molecule has 152 valence electrons. The Balaban J connectivity index is 1.56. The first-order valence-corrected chi connectivity index (χ1v) is 11.3. The molecular weight excluding hydrogens is 447 g/mol. The third-order valence-corrected chi connectivity index (χ3v) is 6.73. The van der Waals surface area contributed by atoms with Crippen LogP contribution in [0, 0.1) is 0 Å². The number of benzene rings is 3. The van der Waals surface area contributed by atoms with Crippen molar-refractivity contribution in [3.8, 4) is 11.3 Å². The molecule has 0 bridgehead atoms. The Bertz CT molecular complexity index is 1330. The molecule has 1 aliphatic heterocycles. The average molecular weight is 463 g/mol. The van der Waals surface area contributed by atoms with Crippen molar-refractivity contribution in [2.75, 3.05) is 0 Å². The number of aromatic nitrogens is 2. The molecule has 0 saturated carbocycles. The van der Waals surface area contributed by atoms with E-state index in [9.17, 15) is 4.79 Å². The first kappa shape index (κ1) is 20.1. The van der Waals surface area contributed by atoms with Gasteiger partial charge in [-0.15, -0.1) is 0 Å². The predicted molar refractivity (Wildman–Crippen MR) is 128 cm³/mol. The Morgan fingerprint density at radius 1 is 0.968 bits per heavy atom. The topological polar surface area (TPSA) is 34.9 Å². The average Bonchev–Trinajstić information content (AvgIpc) is 3.32. The van der Waals surface area contributed by atoms with Crippen LogP contribution in [0.2, 0.25) is 10.0 Å². The molecule has 4 aromatic rings. The van der Waals surface area contributed by atoms with Crippen LogP contribution in [0.5, 0.6) is 0 Å². The monoisotopic (exact) mass is 462 g/mol. The summed E-state index contributed by atoms with van der Waals surface area (Å²) in [5, 5.41) is 6.01. The second-order valence-electron chi connectivity index (χ2n) is 7.17. The highest BCUT2D eigenvalue weighted by molar-refractivity contribution is 8.04. The Morgan fingerprint density at radius 2 is 1.74 bits per heavy atom. The molecule has 31 heavy (non-hydrogen) atoms. The van der Waals surface area contributed by atoms with Gasteiger partial charge in [-0.1, -0.05) is 83.5 Å². The summed E-state index contributed by atoms with van der Waals surface area (Å²) in [6.45, 7) is 0.500. The highest BCUT2D eigenvalue weighted by Crippen LogP contribution is 2.41. The Morgan fingerprint density at radius 3 is 2.52 bits per heavy atom. The molecule has 1 aliphatic rings. The first-order valence-electron chi connectivity index (χ1n) is 9.68. The van der Waals surface area contributed by atoms with Crippen molar-refractivity contribution < 1.29 is 4.79 Å². The largest absolute Gasteiger partial charge is 0.288 e. The lowest BCUT2D eigenvalue weighted by Crippen LogP contribution is -2.01. The highest BCUT2D eigenvalue weighted by atomic mass is 35.5. The van der Waals surface area contributed by atoms with Crippen LogP contribution < -0.4 is 0 Å². The van der Waals surface area contributed by atoms with E-state index < -0.39 is 0 Å². The molecular formula is C25H16Cl2N2OS. The van der Waals surface area contributed by atoms with Crippen LogP contribution in [0.1, 0.15) is 21.5 Å². The van der Waals surface area contributed by atoms with E-state index in [0.717, 1.165) is 32.8 Å². The molecule has 0 spiro atoms. The number of hydrogen-bond donors (Lipinski definition) is 0. The molecule has 0 aliphatic carbocycles. The van der Waals surface area contributed by atoms with Crippen molar-refractivity contribution in [2.45, 2.75) is 11.4 Å². The summed E-state index contributed by atoms with van der Waals surface area (Å²) in [6.07, 6.45) is 3.89. The van der Waals surface area contributed by atoms with Crippen molar-refractivity contribution >= 4 is 46.8 Å². The number of rotatable bonds is 4. The summed E-state index contributed by atoms with van der Waals surface area (Å²) in [7, 11) is 0. The van der Waals surface area contributed by atoms with E-state index in [2.05, 4.69) is 0 Å². The van der Waals surface area contributed by atoms with Crippen LogP contribution in [0.3, 0.4) is 0 Å². The van der Waals surface area contributed by atoms with Crippen LogP contribution in [0.15, 0.2) is 88.8 Å². The number of fused-ring (bicyclic) bond motifs is 1. The van der Waals surface area contributed by atoms with Gasteiger partial charge >= 0.3 is 0 Å². The number of Topliss-reactive ketones (excluding diaryl/α,β-unsaturated/α-hetero) is 1. The Labute approximate surface area is 194 Å². The van der Waals surface area contributed by atoms with Gasteiger partial charge in [0.2, 0.25) is 5.78 Å². The van der Waals surface area contributed by atoms with Gasteiger partial charge in [-0.2, -0.15) is 5.10 Å². The van der Waals surface area contributed by atoms with Crippen molar-refractivity contribution in [3.05, 3.63) is 111 Å². The molecule has 5 rings (SSSR count). The third-order valence-electron chi connectivity index (χ3n) is 5.05. The second kappa shape index (κ2) is 8.39. The van der Waals surface area contributed by atoms with Gasteiger partial charge in [-0.25, -0.2) is 0 Å². The van der Waals surface area contributed by atoms with Gasteiger partial charge in [0.15, 0.2) is 0 Å². The minimum Gasteiger partial charge on any atom is -0.288 e. The summed E-state index contributed by atoms with van der Waals surface area (Å²) >= 11 is 13.9. The second-order valence-corrected chi connectivity index (χ2v) is 9.10. The maximum Gasteiger partial charge on any atom is 0.200 e. The molecule has 1 aromatic heterocycles. The van der Waals surface area contributed by atoms with Gasteiger partial charge in [-0.3, -0.25) is 9.48 Å². The van der Waals surface area contributed by atoms with Crippen molar-refractivity contribution in [1.82, 2.24) is 9.78 Å². The summed E-state index contributed by atoms with van der Waals surface area (Å²) in [6, 6.07) is 23.1. The van der Waals surface area contributed by atoms with Gasteiger partial charge in [0.25, 0.3) is 0 Å². The number of halogens is 2. The number of carbonyl (C=O) groups excluding carboxylic acids is 1. The fourth-order valence-electron chi connectivity index (χ4n) is 3.55. The fourth-order valence-corrected chi connectivity index (χ4v) is 5.06. The molecule has 0 atom stereocenters. The van der Waals surface area contributed by atoms with E-state index in [1.165, 1.54) is 11.8 Å². The van der Waals surface area contributed by atoms with Gasteiger partial charge in [0.1, 0.15) is 0 Å². The summed E-state index contributed by atoms with van der Waals surface area (Å²) in [5.41, 5.74) is 4.37. The maximum atomic E-state index is 12.9. The van der Waals surface area contributed by atoms with Gasteiger partial charge in [0.05, 0.1) is 17.1 Å². The summed E-state index contributed by atoms with van der Waals surface area (Å²) in [5.74, 6) is 0.0492. The quantitative estimate of drug-likeness (QED) is 0.300. The van der Waals surface area contributed by atoms with Gasteiger partial charge < -0.3 is 0 Å². The van der Waals surface area contributed by atoms with Crippen LogP contribution in [-0.4, -0.2) is 15.6 Å². The number of thioether (sulfide) groups is 1. The zero-order chi connectivity index (χ0) is 21.4. The van der Waals surface area contributed by atoms with Crippen molar-refractivity contribution in [1.29, 1.82) is 0 Å². The lowest BCUT2D eigenvalue weighted by Gasteiger charge is -2.05. The van der Waals surface area contributed by atoms with Gasteiger partial charge in [0, 0.05) is 37.8 Å². The van der Waals surface area contributed by atoms with E-state index in [1.807, 2.05) is 83.7 Å². The van der Waals surface area contributed by atoms with Gasteiger partial charge in [-0.05, 0) is 35.9 Å². The third kappa shape index (κ3) is 4.07. The molecule has 0 fully saturated rings. The van der Waals surface area contributed by atoms with E-state index in [4.69, 9.17) is 28.3 Å². The lowest BCUT2D eigenvalue weighted by molar-refractivity contribution is 0.104.